The van der Waals surface area contributed by atoms with Crippen molar-refractivity contribution >= 4 is 41.8 Å². The number of urea groups is 1. The highest BCUT2D eigenvalue weighted by molar-refractivity contribution is 9.10. The van der Waals surface area contributed by atoms with Crippen molar-refractivity contribution < 1.29 is 23.6 Å². The third-order valence-corrected chi connectivity index (χ3v) is 4.18. The molecular formula is C14H20BrN3O5P+. The largest absolute Gasteiger partial charge is 0.696 e. The highest BCUT2D eigenvalue weighted by atomic mass is 79.9. The zero-order valence-electron chi connectivity index (χ0n) is 13.3. The Morgan fingerprint density at radius 1 is 1.33 bits per heavy atom. The van der Waals surface area contributed by atoms with Gasteiger partial charge < -0.3 is 16.0 Å². The van der Waals surface area contributed by atoms with Gasteiger partial charge in [0.05, 0.1) is 0 Å². The van der Waals surface area contributed by atoms with Crippen molar-refractivity contribution in [2.75, 3.05) is 12.0 Å². The molecule has 0 spiro atoms. The number of anilines is 1. The molecule has 1 aromatic rings. The summed E-state index contributed by atoms with van der Waals surface area (Å²) in [6.45, 7) is 3.30. The lowest BCUT2D eigenvalue weighted by molar-refractivity contribution is -0.124. The number of carbonyl (C=O) groups excluding carboxylic acids is 2. The van der Waals surface area contributed by atoms with Gasteiger partial charge in [-0.3, -0.25) is 4.79 Å². The Kier molecular flexibility index (Phi) is 8.84. The molecular weight excluding hydrogens is 401 g/mol. The molecule has 4 N–H and O–H groups in total. The first-order chi connectivity index (χ1) is 11.3. The van der Waals surface area contributed by atoms with Crippen LogP contribution in [-0.4, -0.2) is 29.6 Å². The molecule has 0 saturated heterocycles. The van der Waals surface area contributed by atoms with Gasteiger partial charge in [-0.15, -0.1) is 4.89 Å². The fourth-order valence-corrected chi connectivity index (χ4v) is 2.25. The maximum atomic E-state index is 12.1. The Bertz CT molecular complexity index is 584. The Hall–Kier alpha value is -1.54. The average Bonchev–Trinajstić information content (AvgIpc) is 2.53. The highest BCUT2D eigenvalue weighted by Crippen LogP contribution is 2.15. The average molecular weight is 421 g/mol. The second-order valence-electron chi connectivity index (χ2n) is 5.02. The van der Waals surface area contributed by atoms with Crippen LogP contribution in [-0.2, 0) is 13.9 Å². The van der Waals surface area contributed by atoms with Gasteiger partial charge in [0.1, 0.15) is 6.04 Å². The lowest BCUT2D eigenvalue weighted by Crippen LogP contribution is -2.51. The molecule has 0 saturated carbocycles. The number of hydrogen-bond acceptors (Lipinski definition) is 4. The highest BCUT2D eigenvalue weighted by Gasteiger charge is 2.26. The summed E-state index contributed by atoms with van der Waals surface area (Å²) in [5.74, 6) is -0.629. The van der Waals surface area contributed by atoms with Crippen molar-refractivity contribution in [1.82, 2.24) is 10.6 Å². The predicted octanol–water partition coefficient (Wildman–Crippen LogP) is 2.73. The van der Waals surface area contributed by atoms with Crippen molar-refractivity contribution in [3.05, 3.63) is 28.7 Å². The van der Waals surface area contributed by atoms with E-state index in [9.17, 15) is 14.2 Å². The van der Waals surface area contributed by atoms with E-state index in [-0.39, 0.29) is 5.92 Å². The maximum absolute atomic E-state index is 12.1. The van der Waals surface area contributed by atoms with Gasteiger partial charge in [0.2, 0.25) is 5.91 Å². The van der Waals surface area contributed by atoms with Crippen molar-refractivity contribution in [2.45, 2.75) is 26.3 Å². The molecule has 24 heavy (non-hydrogen) atoms. The fraction of sp³-hybridized carbons (Fsp3) is 0.429. The van der Waals surface area contributed by atoms with Crippen LogP contribution in [0.3, 0.4) is 0 Å². The van der Waals surface area contributed by atoms with E-state index >= 15 is 0 Å². The SMILES string of the molecule is CC[C@H](C)[C@H](NC(=O)Nc1ccc(Br)cc1)C(=O)NCO[P+](=O)O. The number of nitrogens with one attached hydrogen (secondary N) is 3. The summed E-state index contributed by atoms with van der Waals surface area (Å²) in [4.78, 5) is 32.8. The summed E-state index contributed by atoms with van der Waals surface area (Å²) in [6.07, 6.45) is 0.659. The Morgan fingerprint density at radius 3 is 2.50 bits per heavy atom. The van der Waals surface area contributed by atoms with E-state index in [1.165, 1.54) is 0 Å². The van der Waals surface area contributed by atoms with Gasteiger partial charge in [0.15, 0.2) is 6.73 Å². The summed E-state index contributed by atoms with van der Waals surface area (Å²) in [5.41, 5.74) is 0.583. The molecule has 10 heteroatoms. The van der Waals surface area contributed by atoms with Crippen LogP contribution in [0.5, 0.6) is 0 Å². The smallest absolute Gasteiger partial charge is 0.327 e. The minimum atomic E-state index is -2.79. The van der Waals surface area contributed by atoms with Crippen molar-refractivity contribution in [1.29, 1.82) is 0 Å². The van der Waals surface area contributed by atoms with E-state index in [1.54, 1.807) is 24.3 Å². The molecule has 0 aromatic heterocycles. The summed E-state index contributed by atoms with van der Waals surface area (Å²) in [6, 6.07) is 5.67. The third-order valence-electron chi connectivity index (χ3n) is 3.31. The molecule has 0 bridgehead atoms. The van der Waals surface area contributed by atoms with Crippen LogP contribution >= 0.6 is 24.2 Å². The van der Waals surface area contributed by atoms with Crippen LogP contribution in [0.2, 0.25) is 0 Å². The Balaban J connectivity index is 2.63. The van der Waals surface area contributed by atoms with Crippen LogP contribution < -0.4 is 16.0 Å². The molecule has 0 heterocycles. The zero-order valence-corrected chi connectivity index (χ0v) is 15.8. The minimum absolute atomic E-state index is 0.136. The van der Waals surface area contributed by atoms with E-state index in [4.69, 9.17) is 4.89 Å². The summed E-state index contributed by atoms with van der Waals surface area (Å²) < 4.78 is 15.7. The van der Waals surface area contributed by atoms with Crippen LogP contribution in [0, 0.1) is 5.92 Å². The fourth-order valence-electron chi connectivity index (χ4n) is 1.81. The normalized spacial score (nSPS) is 13.6. The quantitative estimate of drug-likeness (QED) is 0.381. The second-order valence-corrected chi connectivity index (χ2v) is 6.67. The van der Waals surface area contributed by atoms with E-state index in [0.29, 0.717) is 12.1 Å². The monoisotopic (exact) mass is 420 g/mol. The van der Waals surface area contributed by atoms with E-state index in [1.807, 2.05) is 13.8 Å². The molecule has 8 nitrogen and oxygen atoms in total. The number of hydrogen-bond donors (Lipinski definition) is 4. The van der Waals surface area contributed by atoms with E-state index in [0.717, 1.165) is 4.47 Å². The molecule has 0 aliphatic carbocycles. The van der Waals surface area contributed by atoms with E-state index < -0.39 is 33.0 Å². The van der Waals surface area contributed by atoms with Gasteiger partial charge in [0, 0.05) is 14.7 Å². The molecule has 0 aliphatic rings. The molecule has 3 amide bonds. The van der Waals surface area contributed by atoms with Crippen LogP contribution in [0.15, 0.2) is 28.7 Å². The topological polar surface area (TPSA) is 117 Å². The van der Waals surface area contributed by atoms with Gasteiger partial charge in [-0.1, -0.05) is 40.7 Å². The van der Waals surface area contributed by atoms with Crippen molar-refractivity contribution in [3.8, 4) is 0 Å². The number of halogens is 1. The molecule has 3 atom stereocenters. The van der Waals surface area contributed by atoms with Crippen molar-refractivity contribution in [2.24, 2.45) is 5.92 Å². The molecule has 1 unspecified atom stereocenters. The van der Waals surface area contributed by atoms with Crippen LogP contribution in [0.25, 0.3) is 0 Å². The number of carbonyl (C=O) groups is 2. The van der Waals surface area contributed by atoms with Gasteiger partial charge in [-0.2, -0.15) is 0 Å². The molecule has 132 valence electrons. The van der Waals surface area contributed by atoms with Gasteiger partial charge >= 0.3 is 14.3 Å². The van der Waals surface area contributed by atoms with E-state index in [2.05, 4.69) is 36.4 Å². The summed E-state index contributed by atoms with van der Waals surface area (Å²) >= 11 is 3.30. The van der Waals surface area contributed by atoms with Crippen LogP contribution in [0.1, 0.15) is 20.3 Å². The lowest BCUT2D eigenvalue weighted by Gasteiger charge is -2.23. The molecule has 0 aliphatic heterocycles. The molecule has 0 fully saturated rings. The van der Waals surface area contributed by atoms with Gasteiger partial charge in [0.25, 0.3) is 0 Å². The van der Waals surface area contributed by atoms with Gasteiger partial charge in [-0.25, -0.2) is 4.79 Å². The molecule has 1 aromatic carbocycles. The number of benzene rings is 1. The Labute approximate surface area is 149 Å². The van der Waals surface area contributed by atoms with Crippen molar-refractivity contribution in [3.63, 3.8) is 0 Å². The minimum Gasteiger partial charge on any atom is -0.327 e. The first kappa shape index (κ1) is 20.5. The summed E-state index contributed by atoms with van der Waals surface area (Å²) in [5, 5.41) is 7.60. The standard InChI is InChI=1S/C14H19BrN3O5P/c1-3-9(2)12(13(19)16-8-23-24(21)22)18-14(20)17-11-6-4-10(15)5-7-11/h4-7,9,12H,3,8H2,1-2H3,(H3-,16,17,18,19,20,21,22)/p+1/t9-,12-/m0/s1. The van der Waals surface area contributed by atoms with Gasteiger partial charge in [-0.05, 0) is 30.2 Å². The second kappa shape index (κ2) is 10.4. The maximum Gasteiger partial charge on any atom is 0.696 e. The third kappa shape index (κ3) is 7.35. The molecule has 1 rings (SSSR count). The number of rotatable bonds is 8. The lowest BCUT2D eigenvalue weighted by atomic mass is 9.98. The first-order valence-corrected chi connectivity index (χ1v) is 9.15. The number of amides is 3. The molecule has 0 radical (unpaired) electrons. The predicted molar refractivity (Wildman–Crippen MR) is 93.5 cm³/mol. The zero-order chi connectivity index (χ0) is 18.1. The van der Waals surface area contributed by atoms with Crippen LogP contribution in [0.4, 0.5) is 10.5 Å². The Morgan fingerprint density at radius 2 is 1.96 bits per heavy atom. The summed E-state index contributed by atoms with van der Waals surface area (Å²) in [7, 11) is -2.79. The first-order valence-electron chi connectivity index (χ1n) is 7.23.